The highest BCUT2D eigenvalue weighted by molar-refractivity contribution is 6.25. The van der Waals surface area contributed by atoms with Crippen molar-refractivity contribution in [2.45, 2.75) is 31.2 Å². The standard InChI is InChI=1S/C23H33N5O6/c1-13-18(29)17-16(19(30)20(13)33-10-4-5-27-8-6-26(2)7-9-27)14(12-34-22(24)31)23(32-3)21-15(25-21)11-28(17)23/h14-15,21,25H,4-12H2,1-3H3,(H2,24,31). The van der Waals surface area contributed by atoms with Crippen LogP contribution in [0.3, 0.4) is 0 Å². The molecule has 4 aliphatic heterocycles. The van der Waals surface area contributed by atoms with Crippen LogP contribution >= 0.6 is 0 Å². The van der Waals surface area contributed by atoms with Gasteiger partial charge in [0.05, 0.1) is 24.3 Å². The molecule has 1 aliphatic carbocycles. The predicted octanol–water partition coefficient (Wildman–Crippen LogP) is -0.956. The van der Waals surface area contributed by atoms with E-state index in [0.29, 0.717) is 30.0 Å². The molecule has 0 aromatic heterocycles. The van der Waals surface area contributed by atoms with Gasteiger partial charge >= 0.3 is 6.09 Å². The van der Waals surface area contributed by atoms with E-state index in [1.807, 2.05) is 4.90 Å². The molecule has 11 heteroatoms. The Hall–Kier alpha value is -2.47. The molecule has 4 heterocycles. The van der Waals surface area contributed by atoms with E-state index < -0.39 is 17.7 Å². The van der Waals surface area contributed by atoms with Crippen LogP contribution in [0.2, 0.25) is 0 Å². The average molecular weight is 476 g/mol. The number of ether oxygens (including phenoxy) is 3. The van der Waals surface area contributed by atoms with E-state index in [4.69, 9.17) is 19.9 Å². The molecule has 4 unspecified atom stereocenters. The first-order valence-electron chi connectivity index (χ1n) is 11.9. The van der Waals surface area contributed by atoms with Crippen LogP contribution in [0, 0.1) is 5.92 Å². The number of Topliss-reactive ketones (excluding diaryl/α,β-unsaturated/α-hetero) is 2. The molecule has 0 radical (unpaired) electrons. The Bertz CT molecular complexity index is 971. The Balaban J connectivity index is 1.33. The van der Waals surface area contributed by atoms with Crippen molar-refractivity contribution in [2.75, 3.05) is 66.6 Å². The third kappa shape index (κ3) is 3.53. The number of nitrogens with zero attached hydrogens (tertiary/aromatic N) is 3. The Morgan fingerprint density at radius 3 is 2.62 bits per heavy atom. The van der Waals surface area contributed by atoms with E-state index in [0.717, 1.165) is 39.1 Å². The third-order valence-electron chi connectivity index (χ3n) is 7.83. The zero-order chi connectivity index (χ0) is 24.2. The smallest absolute Gasteiger partial charge is 0.404 e. The van der Waals surface area contributed by atoms with E-state index in [-0.39, 0.29) is 36.0 Å². The van der Waals surface area contributed by atoms with Gasteiger partial charge in [0.25, 0.3) is 0 Å². The second-order valence-corrected chi connectivity index (χ2v) is 9.72. The molecule has 34 heavy (non-hydrogen) atoms. The molecule has 0 spiro atoms. The summed E-state index contributed by atoms with van der Waals surface area (Å²) in [7, 11) is 3.67. The third-order valence-corrected chi connectivity index (χ3v) is 7.83. The number of nitrogens with two attached hydrogens (primary N) is 1. The van der Waals surface area contributed by atoms with E-state index >= 15 is 0 Å². The summed E-state index contributed by atoms with van der Waals surface area (Å²) >= 11 is 0. The molecule has 5 aliphatic rings. The summed E-state index contributed by atoms with van der Waals surface area (Å²) in [5, 5.41) is 3.35. The quantitative estimate of drug-likeness (QED) is 0.257. The van der Waals surface area contributed by atoms with Crippen LogP contribution < -0.4 is 11.1 Å². The van der Waals surface area contributed by atoms with E-state index in [1.54, 1.807) is 14.0 Å². The number of hydrogen-bond acceptors (Lipinski definition) is 10. The number of piperazine rings is 2. The fraction of sp³-hybridized carbons (Fsp3) is 0.696. The van der Waals surface area contributed by atoms with Gasteiger partial charge < -0.3 is 40.0 Å². The molecule has 0 aromatic carbocycles. The Morgan fingerprint density at radius 1 is 1.21 bits per heavy atom. The Morgan fingerprint density at radius 2 is 1.94 bits per heavy atom. The van der Waals surface area contributed by atoms with Gasteiger partial charge in [-0.25, -0.2) is 4.79 Å². The van der Waals surface area contributed by atoms with E-state index in [1.165, 1.54) is 0 Å². The molecule has 1 amide bonds. The molecule has 3 saturated heterocycles. The summed E-state index contributed by atoms with van der Waals surface area (Å²) in [6.07, 6.45) is -0.184. The first-order chi connectivity index (χ1) is 16.3. The van der Waals surface area contributed by atoms with Gasteiger partial charge in [-0.1, -0.05) is 0 Å². The van der Waals surface area contributed by atoms with Gasteiger partial charge in [0.2, 0.25) is 11.6 Å². The fourth-order valence-corrected chi connectivity index (χ4v) is 5.98. The minimum absolute atomic E-state index is 0.0709. The SMILES string of the molecule is COC12C(COC(N)=O)C3=C(C(=O)C(C)=C(OCCCN4CCN(C)CC4)C3=O)N1CC1NC12. The van der Waals surface area contributed by atoms with Crippen molar-refractivity contribution in [1.82, 2.24) is 20.0 Å². The largest absolute Gasteiger partial charge is 0.489 e. The van der Waals surface area contributed by atoms with Gasteiger partial charge in [0.15, 0.2) is 11.5 Å². The van der Waals surface area contributed by atoms with Crippen LogP contribution in [0.15, 0.2) is 22.6 Å². The number of amides is 1. The lowest BCUT2D eigenvalue weighted by atomic mass is 9.83. The van der Waals surface area contributed by atoms with Crippen LogP contribution in [-0.4, -0.2) is 117 Å². The van der Waals surface area contributed by atoms with Crippen LogP contribution in [0.5, 0.6) is 0 Å². The fourth-order valence-electron chi connectivity index (χ4n) is 5.98. The average Bonchev–Trinajstić information content (AvgIpc) is 3.42. The van der Waals surface area contributed by atoms with Crippen molar-refractivity contribution < 1.29 is 28.6 Å². The van der Waals surface area contributed by atoms with Crippen LogP contribution in [0.4, 0.5) is 4.79 Å². The van der Waals surface area contributed by atoms with Gasteiger partial charge in [0, 0.05) is 63.6 Å². The number of hydrogen-bond donors (Lipinski definition) is 2. The number of rotatable bonds is 8. The topological polar surface area (TPSA) is 137 Å². The lowest BCUT2D eigenvalue weighted by molar-refractivity contribution is -0.137. The zero-order valence-electron chi connectivity index (χ0n) is 20.0. The van der Waals surface area contributed by atoms with Crippen molar-refractivity contribution in [3.8, 4) is 0 Å². The summed E-state index contributed by atoms with van der Waals surface area (Å²) in [6.45, 7) is 7.34. The Kier molecular flexibility index (Phi) is 5.91. The highest BCUT2D eigenvalue weighted by atomic mass is 16.6. The van der Waals surface area contributed by atoms with Crippen molar-refractivity contribution in [1.29, 1.82) is 0 Å². The maximum atomic E-state index is 13.7. The second-order valence-electron chi connectivity index (χ2n) is 9.72. The molecule has 11 nitrogen and oxygen atoms in total. The molecule has 186 valence electrons. The number of methoxy groups -OCH3 is 1. The van der Waals surface area contributed by atoms with Gasteiger partial charge in [-0.05, 0) is 20.4 Å². The molecule has 3 fully saturated rings. The van der Waals surface area contributed by atoms with Crippen LogP contribution in [0.1, 0.15) is 13.3 Å². The maximum Gasteiger partial charge on any atom is 0.404 e. The summed E-state index contributed by atoms with van der Waals surface area (Å²) < 4.78 is 17.0. The minimum atomic E-state index is -0.979. The molecule has 4 atom stereocenters. The summed E-state index contributed by atoms with van der Waals surface area (Å²) in [4.78, 5) is 45.1. The molecular formula is C23H33N5O6. The lowest BCUT2D eigenvalue weighted by Crippen LogP contribution is -2.55. The van der Waals surface area contributed by atoms with Crippen molar-refractivity contribution >= 4 is 17.7 Å². The summed E-state index contributed by atoms with van der Waals surface area (Å²) in [5.41, 5.74) is 5.18. The number of likely N-dealkylation sites (N-methyl/N-ethyl adjacent to an activating group) is 1. The van der Waals surface area contributed by atoms with E-state index in [9.17, 15) is 14.4 Å². The predicted molar refractivity (Wildman–Crippen MR) is 120 cm³/mol. The number of carbonyl (C=O) groups excluding carboxylic acids is 3. The van der Waals surface area contributed by atoms with Gasteiger partial charge in [-0.3, -0.25) is 9.59 Å². The molecule has 3 N–H and O–H groups in total. The number of nitrogens with one attached hydrogen (secondary N) is 1. The van der Waals surface area contributed by atoms with E-state index in [2.05, 4.69) is 22.2 Å². The van der Waals surface area contributed by atoms with Crippen molar-refractivity contribution in [3.63, 3.8) is 0 Å². The van der Waals surface area contributed by atoms with Crippen molar-refractivity contribution in [3.05, 3.63) is 22.6 Å². The molecule has 0 saturated carbocycles. The lowest BCUT2D eigenvalue weighted by Gasteiger charge is -2.39. The summed E-state index contributed by atoms with van der Waals surface area (Å²) in [5.74, 6) is -1.15. The highest BCUT2D eigenvalue weighted by Crippen LogP contribution is 2.55. The number of primary amides is 1. The first-order valence-corrected chi connectivity index (χ1v) is 11.9. The second kappa shape index (κ2) is 8.63. The van der Waals surface area contributed by atoms with Crippen LogP contribution in [0.25, 0.3) is 0 Å². The number of allylic oxidation sites excluding steroid dienone is 2. The zero-order valence-corrected chi connectivity index (χ0v) is 20.0. The van der Waals surface area contributed by atoms with Gasteiger partial charge in [-0.2, -0.15) is 0 Å². The van der Waals surface area contributed by atoms with Gasteiger partial charge in [-0.15, -0.1) is 0 Å². The molecular weight excluding hydrogens is 442 g/mol. The monoisotopic (exact) mass is 475 g/mol. The molecule has 5 rings (SSSR count). The highest BCUT2D eigenvalue weighted by Gasteiger charge is 2.72. The number of ketones is 2. The maximum absolute atomic E-state index is 13.7. The molecule has 0 aromatic rings. The Labute approximate surface area is 198 Å². The normalized spacial score (nSPS) is 33.3. The van der Waals surface area contributed by atoms with Gasteiger partial charge in [0.1, 0.15) is 6.61 Å². The van der Waals surface area contributed by atoms with Crippen LogP contribution in [-0.2, 0) is 23.8 Å². The number of fused-ring (bicyclic) bond motifs is 4. The minimum Gasteiger partial charge on any atom is -0.489 e. The van der Waals surface area contributed by atoms with Crippen molar-refractivity contribution in [2.24, 2.45) is 11.7 Å². The first kappa shape index (κ1) is 23.3. The summed E-state index contributed by atoms with van der Waals surface area (Å²) in [6, 6.07) is 0.0860. The molecule has 0 bridgehead atoms. The number of carbonyl (C=O) groups is 3.